The first-order valence-corrected chi connectivity index (χ1v) is 5.95. The summed E-state index contributed by atoms with van der Waals surface area (Å²) in [6.45, 7) is 1.49. The van der Waals surface area contributed by atoms with Crippen LogP contribution in [-0.2, 0) is 0 Å². The van der Waals surface area contributed by atoms with Gasteiger partial charge in [0.15, 0.2) is 0 Å². The van der Waals surface area contributed by atoms with Gasteiger partial charge in [-0.2, -0.15) is 0 Å². The van der Waals surface area contributed by atoms with E-state index < -0.39 is 0 Å². The second-order valence-corrected chi connectivity index (χ2v) is 4.57. The maximum atomic E-state index is 12.3. The lowest BCUT2D eigenvalue weighted by molar-refractivity contribution is 0.0782. The molecular weight excluding hydrogens is 216 g/mol. The summed E-state index contributed by atoms with van der Waals surface area (Å²) < 4.78 is 0. The lowest BCUT2D eigenvalue weighted by atomic mass is 10.1. The van der Waals surface area contributed by atoms with Gasteiger partial charge in [0, 0.05) is 18.7 Å². The van der Waals surface area contributed by atoms with Gasteiger partial charge in [-0.05, 0) is 25.0 Å². The normalized spacial score (nSPS) is 23.1. The molecule has 4 nitrogen and oxygen atoms in total. The molecule has 2 bridgehead atoms. The molecule has 0 radical (unpaired) electrons. The van der Waals surface area contributed by atoms with Crippen LogP contribution < -0.4 is 0 Å². The zero-order chi connectivity index (χ0) is 11.8. The van der Waals surface area contributed by atoms with Crippen molar-refractivity contribution in [3.05, 3.63) is 35.9 Å². The first-order valence-electron chi connectivity index (χ1n) is 5.95. The maximum absolute atomic E-state index is 12.3. The molecule has 2 fully saturated rings. The molecule has 1 atom stereocenters. The second kappa shape index (κ2) is 3.87. The number of fused-ring (bicyclic) bond motifs is 2. The maximum Gasteiger partial charge on any atom is 0.327 e. The first-order chi connectivity index (χ1) is 8.27. The zero-order valence-corrected chi connectivity index (χ0v) is 9.50. The van der Waals surface area contributed by atoms with Gasteiger partial charge in [-0.15, -0.1) is 0 Å². The molecular formula is C13H14N2O2. The van der Waals surface area contributed by atoms with Crippen molar-refractivity contribution in [3.63, 3.8) is 0 Å². The topological polar surface area (TPSA) is 40.6 Å². The van der Waals surface area contributed by atoms with E-state index in [2.05, 4.69) is 0 Å². The Bertz CT molecular complexity index is 458. The van der Waals surface area contributed by atoms with Crippen molar-refractivity contribution in [1.82, 2.24) is 9.80 Å². The van der Waals surface area contributed by atoms with Crippen LogP contribution in [0.15, 0.2) is 30.3 Å². The Morgan fingerprint density at radius 1 is 1.24 bits per heavy atom. The minimum atomic E-state index is -0.162. The van der Waals surface area contributed by atoms with Crippen LogP contribution in [-0.4, -0.2) is 40.9 Å². The predicted molar refractivity (Wildman–Crippen MR) is 62.6 cm³/mol. The summed E-state index contributed by atoms with van der Waals surface area (Å²) in [6, 6.07) is 8.97. The van der Waals surface area contributed by atoms with Crippen molar-refractivity contribution < 1.29 is 9.59 Å². The summed E-state index contributed by atoms with van der Waals surface area (Å²) in [4.78, 5) is 27.5. The van der Waals surface area contributed by atoms with Crippen LogP contribution in [0.3, 0.4) is 0 Å². The third-order valence-corrected chi connectivity index (χ3v) is 3.48. The Balaban J connectivity index is 1.90. The summed E-state index contributed by atoms with van der Waals surface area (Å²) in [5.74, 6) is -0.162. The number of nitrogens with zero attached hydrogens (tertiary/aromatic N) is 2. The van der Waals surface area contributed by atoms with Crippen molar-refractivity contribution in [3.8, 4) is 0 Å². The zero-order valence-electron chi connectivity index (χ0n) is 9.50. The molecule has 0 saturated carbocycles. The summed E-state index contributed by atoms with van der Waals surface area (Å²) in [5.41, 5.74) is 0.592. The summed E-state index contributed by atoms with van der Waals surface area (Å²) >= 11 is 0. The molecule has 0 aromatic heterocycles. The molecule has 1 unspecified atom stereocenters. The SMILES string of the molecule is O=C(c1ccccc1)N1C(=O)N2CCCC1C2. The number of hydrogen-bond acceptors (Lipinski definition) is 2. The third kappa shape index (κ3) is 1.60. The number of imide groups is 1. The number of carbonyl (C=O) groups is 2. The molecule has 2 aliphatic heterocycles. The van der Waals surface area contributed by atoms with Crippen molar-refractivity contribution in [2.24, 2.45) is 0 Å². The van der Waals surface area contributed by atoms with Crippen LogP contribution in [0.1, 0.15) is 23.2 Å². The van der Waals surface area contributed by atoms with Crippen molar-refractivity contribution in [2.45, 2.75) is 18.9 Å². The summed E-state index contributed by atoms with van der Waals surface area (Å²) in [5, 5.41) is 0. The number of urea groups is 1. The van der Waals surface area contributed by atoms with E-state index in [1.165, 1.54) is 4.90 Å². The van der Waals surface area contributed by atoms with E-state index in [1.54, 1.807) is 17.0 Å². The molecule has 4 heteroatoms. The van der Waals surface area contributed by atoms with Gasteiger partial charge in [-0.25, -0.2) is 4.79 Å². The quantitative estimate of drug-likeness (QED) is 0.737. The Morgan fingerprint density at radius 2 is 2.00 bits per heavy atom. The molecule has 1 aromatic carbocycles. The van der Waals surface area contributed by atoms with E-state index in [0.29, 0.717) is 12.1 Å². The van der Waals surface area contributed by atoms with Crippen molar-refractivity contribution in [1.29, 1.82) is 0 Å². The predicted octanol–water partition coefficient (Wildman–Crippen LogP) is 1.73. The van der Waals surface area contributed by atoms with Gasteiger partial charge in [0.1, 0.15) is 0 Å². The van der Waals surface area contributed by atoms with Gasteiger partial charge in [0.25, 0.3) is 5.91 Å². The van der Waals surface area contributed by atoms with Crippen LogP contribution in [0.4, 0.5) is 4.79 Å². The molecule has 1 aromatic rings. The Hall–Kier alpha value is -1.84. The lowest BCUT2D eigenvalue weighted by Crippen LogP contribution is -2.38. The van der Waals surface area contributed by atoms with Crippen LogP contribution in [0.5, 0.6) is 0 Å². The molecule has 2 saturated heterocycles. The largest absolute Gasteiger partial charge is 0.327 e. The minimum Gasteiger partial charge on any atom is -0.322 e. The van der Waals surface area contributed by atoms with Crippen molar-refractivity contribution in [2.75, 3.05) is 13.1 Å². The fourth-order valence-electron chi connectivity index (χ4n) is 2.62. The molecule has 3 rings (SSSR count). The number of amides is 3. The molecule has 0 aliphatic carbocycles. The van der Waals surface area contributed by atoms with Gasteiger partial charge < -0.3 is 4.90 Å². The van der Waals surface area contributed by atoms with E-state index in [9.17, 15) is 9.59 Å². The van der Waals surface area contributed by atoms with Gasteiger partial charge in [-0.1, -0.05) is 18.2 Å². The molecule has 88 valence electrons. The summed E-state index contributed by atoms with van der Waals surface area (Å²) in [6.07, 6.45) is 1.93. The number of carbonyl (C=O) groups excluding carboxylic acids is 2. The highest BCUT2D eigenvalue weighted by Crippen LogP contribution is 2.26. The van der Waals surface area contributed by atoms with Crippen LogP contribution in [0, 0.1) is 0 Å². The molecule has 2 heterocycles. The highest BCUT2D eigenvalue weighted by molar-refractivity contribution is 6.05. The van der Waals surface area contributed by atoms with Gasteiger partial charge >= 0.3 is 6.03 Å². The standard InChI is InChI=1S/C13H14N2O2/c16-12(10-5-2-1-3-6-10)15-11-7-4-8-14(9-11)13(15)17/h1-3,5-6,11H,4,7-9H2. The number of benzene rings is 1. The Morgan fingerprint density at radius 3 is 2.71 bits per heavy atom. The highest BCUT2D eigenvalue weighted by atomic mass is 16.2. The minimum absolute atomic E-state index is 0.0731. The van der Waals surface area contributed by atoms with Crippen LogP contribution >= 0.6 is 0 Å². The van der Waals surface area contributed by atoms with E-state index in [4.69, 9.17) is 0 Å². The van der Waals surface area contributed by atoms with Gasteiger partial charge in [-0.3, -0.25) is 9.69 Å². The fraction of sp³-hybridized carbons (Fsp3) is 0.385. The number of hydrogen-bond donors (Lipinski definition) is 0. The molecule has 0 spiro atoms. The molecule has 0 N–H and O–H groups in total. The van der Waals surface area contributed by atoms with Gasteiger partial charge in [0.2, 0.25) is 0 Å². The number of rotatable bonds is 1. The van der Waals surface area contributed by atoms with E-state index in [1.807, 2.05) is 18.2 Å². The molecule has 17 heavy (non-hydrogen) atoms. The molecule has 2 aliphatic rings. The molecule has 3 amide bonds. The van der Waals surface area contributed by atoms with E-state index >= 15 is 0 Å². The average molecular weight is 230 g/mol. The van der Waals surface area contributed by atoms with Crippen LogP contribution in [0.25, 0.3) is 0 Å². The lowest BCUT2D eigenvalue weighted by Gasteiger charge is -2.21. The fourth-order valence-corrected chi connectivity index (χ4v) is 2.62. The Labute approximate surface area is 99.8 Å². The third-order valence-electron chi connectivity index (χ3n) is 3.48. The highest BCUT2D eigenvalue weighted by Gasteiger charge is 2.43. The monoisotopic (exact) mass is 230 g/mol. The van der Waals surface area contributed by atoms with Gasteiger partial charge in [0.05, 0.1) is 6.04 Å². The van der Waals surface area contributed by atoms with E-state index in [-0.39, 0.29) is 18.0 Å². The average Bonchev–Trinajstić information content (AvgIpc) is 2.60. The number of piperidine rings is 1. The summed E-state index contributed by atoms with van der Waals surface area (Å²) in [7, 11) is 0. The Kier molecular flexibility index (Phi) is 2.35. The van der Waals surface area contributed by atoms with Crippen molar-refractivity contribution >= 4 is 11.9 Å². The van der Waals surface area contributed by atoms with Crippen LogP contribution in [0.2, 0.25) is 0 Å². The smallest absolute Gasteiger partial charge is 0.322 e. The van der Waals surface area contributed by atoms with E-state index in [0.717, 1.165) is 19.4 Å². The second-order valence-electron chi connectivity index (χ2n) is 4.57. The first kappa shape index (κ1) is 10.3.